The Labute approximate surface area is 154 Å². The molecule has 0 aliphatic carbocycles. The van der Waals surface area contributed by atoms with E-state index < -0.39 is 17.6 Å². The molecule has 0 spiro atoms. The molecule has 1 aliphatic rings. The summed E-state index contributed by atoms with van der Waals surface area (Å²) in [6.45, 7) is 2.10. The van der Waals surface area contributed by atoms with Crippen LogP contribution < -0.4 is 5.73 Å². The van der Waals surface area contributed by atoms with Crippen molar-refractivity contribution in [3.63, 3.8) is 0 Å². The van der Waals surface area contributed by atoms with Crippen LogP contribution in [0.25, 0.3) is 0 Å². The van der Waals surface area contributed by atoms with Crippen molar-refractivity contribution in [3.8, 4) is 0 Å². The number of hydrogen-bond acceptors (Lipinski definition) is 5. The minimum Gasteiger partial charge on any atom is -0.363 e. The first-order valence-electron chi connectivity index (χ1n) is 8.82. The standard InChI is InChI=1S/C18H21F3N4O2/c19-18(20,21)14-5-1-3-12(9-14)6-7-13-4-2-8-25(10-13)11-15-23-17(16(22)26)24-27-15/h1,3,5,9,13H,2,4,6-8,10-11H2,(H2,22,26)/t13-/m1/s1. The largest absolute Gasteiger partial charge is 0.416 e. The number of alkyl halides is 3. The van der Waals surface area contributed by atoms with Gasteiger partial charge in [0.25, 0.3) is 11.7 Å². The van der Waals surface area contributed by atoms with Crippen LogP contribution in [0.3, 0.4) is 0 Å². The van der Waals surface area contributed by atoms with Gasteiger partial charge in [-0.1, -0.05) is 23.4 Å². The van der Waals surface area contributed by atoms with E-state index in [1.165, 1.54) is 12.1 Å². The molecule has 2 aromatic rings. The molecule has 0 unspecified atom stereocenters. The summed E-state index contributed by atoms with van der Waals surface area (Å²) in [5.74, 6) is -0.153. The van der Waals surface area contributed by atoms with E-state index >= 15 is 0 Å². The number of amides is 1. The Morgan fingerprint density at radius 2 is 2.19 bits per heavy atom. The van der Waals surface area contributed by atoms with Crippen molar-refractivity contribution in [2.45, 2.75) is 38.4 Å². The lowest BCUT2D eigenvalue weighted by atomic mass is 9.91. The number of aryl methyl sites for hydroxylation is 1. The fraction of sp³-hybridized carbons (Fsp3) is 0.500. The van der Waals surface area contributed by atoms with Gasteiger partial charge in [0.15, 0.2) is 0 Å². The summed E-state index contributed by atoms with van der Waals surface area (Å²) in [6, 6.07) is 5.51. The zero-order valence-corrected chi connectivity index (χ0v) is 14.7. The van der Waals surface area contributed by atoms with Crippen LogP contribution in [0.15, 0.2) is 28.8 Å². The van der Waals surface area contributed by atoms with Crippen LogP contribution in [0.4, 0.5) is 13.2 Å². The molecule has 146 valence electrons. The molecule has 1 atom stereocenters. The van der Waals surface area contributed by atoms with Crippen LogP contribution in [0.2, 0.25) is 0 Å². The van der Waals surface area contributed by atoms with Gasteiger partial charge in [0.2, 0.25) is 5.89 Å². The summed E-state index contributed by atoms with van der Waals surface area (Å²) >= 11 is 0. The maximum absolute atomic E-state index is 12.8. The van der Waals surface area contributed by atoms with Crippen molar-refractivity contribution in [2.24, 2.45) is 11.7 Å². The highest BCUT2D eigenvalue weighted by Gasteiger charge is 2.30. The number of halogens is 3. The lowest BCUT2D eigenvalue weighted by molar-refractivity contribution is -0.137. The predicted molar refractivity (Wildman–Crippen MR) is 90.6 cm³/mol. The molecule has 2 heterocycles. The van der Waals surface area contributed by atoms with Gasteiger partial charge in [-0.3, -0.25) is 9.69 Å². The minimum absolute atomic E-state index is 0.136. The third kappa shape index (κ3) is 5.29. The lowest BCUT2D eigenvalue weighted by Crippen LogP contribution is -2.35. The van der Waals surface area contributed by atoms with Gasteiger partial charge in [-0.25, -0.2) is 0 Å². The van der Waals surface area contributed by atoms with Gasteiger partial charge in [0, 0.05) is 6.54 Å². The van der Waals surface area contributed by atoms with Gasteiger partial charge in [-0.05, 0) is 49.8 Å². The summed E-state index contributed by atoms with van der Waals surface area (Å²) in [7, 11) is 0. The van der Waals surface area contributed by atoms with E-state index in [1.807, 2.05) is 0 Å². The number of piperidine rings is 1. The molecule has 9 heteroatoms. The van der Waals surface area contributed by atoms with Crippen LogP contribution in [0.5, 0.6) is 0 Å². The first-order valence-corrected chi connectivity index (χ1v) is 8.82. The predicted octanol–water partition coefficient (Wildman–Crippen LogP) is 3.03. The third-order valence-corrected chi connectivity index (χ3v) is 4.75. The van der Waals surface area contributed by atoms with E-state index in [1.54, 1.807) is 6.07 Å². The van der Waals surface area contributed by atoms with E-state index in [-0.39, 0.29) is 5.82 Å². The average molecular weight is 382 g/mol. The SMILES string of the molecule is NC(=O)c1noc(CN2CCC[C@H](CCc3cccc(C(F)(F)F)c3)C2)n1. The van der Waals surface area contributed by atoms with Crippen LogP contribution in [0.1, 0.15) is 46.9 Å². The number of hydrogen-bond donors (Lipinski definition) is 1. The average Bonchev–Trinajstić information content (AvgIpc) is 3.09. The molecule has 0 bridgehead atoms. The summed E-state index contributed by atoms with van der Waals surface area (Å²) < 4.78 is 43.5. The third-order valence-electron chi connectivity index (χ3n) is 4.75. The summed E-state index contributed by atoms with van der Waals surface area (Å²) in [5, 5.41) is 3.53. The number of carbonyl (C=O) groups excluding carboxylic acids is 1. The van der Waals surface area contributed by atoms with Crippen molar-refractivity contribution >= 4 is 5.91 Å². The number of nitrogens with zero attached hydrogens (tertiary/aromatic N) is 3. The number of benzene rings is 1. The van der Waals surface area contributed by atoms with E-state index in [0.29, 0.717) is 30.3 Å². The zero-order valence-electron chi connectivity index (χ0n) is 14.7. The molecule has 1 fully saturated rings. The van der Waals surface area contributed by atoms with Crippen molar-refractivity contribution in [1.82, 2.24) is 15.0 Å². The van der Waals surface area contributed by atoms with E-state index in [4.69, 9.17) is 10.3 Å². The van der Waals surface area contributed by atoms with Crippen LogP contribution >= 0.6 is 0 Å². The van der Waals surface area contributed by atoms with Gasteiger partial charge in [0.1, 0.15) is 0 Å². The van der Waals surface area contributed by atoms with Gasteiger partial charge in [0.05, 0.1) is 12.1 Å². The fourth-order valence-electron chi connectivity index (χ4n) is 3.41. The van der Waals surface area contributed by atoms with E-state index in [0.717, 1.165) is 38.4 Å². The van der Waals surface area contributed by atoms with Gasteiger partial charge in [-0.2, -0.15) is 18.2 Å². The molecule has 27 heavy (non-hydrogen) atoms. The number of primary amides is 1. The Bertz CT molecular complexity index is 791. The highest BCUT2D eigenvalue weighted by Crippen LogP contribution is 2.30. The lowest BCUT2D eigenvalue weighted by Gasteiger charge is -2.31. The van der Waals surface area contributed by atoms with Crippen LogP contribution in [-0.2, 0) is 19.1 Å². The maximum Gasteiger partial charge on any atom is 0.416 e. The second kappa shape index (κ2) is 8.08. The highest BCUT2D eigenvalue weighted by molar-refractivity contribution is 5.88. The van der Waals surface area contributed by atoms with Crippen molar-refractivity contribution in [1.29, 1.82) is 0 Å². The number of carbonyl (C=O) groups is 1. The molecule has 1 amide bonds. The normalized spacial score (nSPS) is 18.6. The summed E-state index contributed by atoms with van der Waals surface area (Å²) in [4.78, 5) is 17.1. The number of likely N-dealkylation sites (tertiary alicyclic amines) is 1. The topological polar surface area (TPSA) is 85.2 Å². The Morgan fingerprint density at radius 1 is 1.37 bits per heavy atom. The van der Waals surface area contributed by atoms with Crippen molar-refractivity contribution < 1.29 is 22.5 Å². The van der Waals surface area contributed by atoms with E-state index in [2.05, 4.69) is 15.0 Å². The number of aromatic nitrogens is 2. The molecule has 0 radical (unpaired) electrons. The Balaban J connectivity index is 1.53. The molecule has 1 aromatic heterocycles. The number of nitrogens with two attached hydrogens (primary N) is 1. The van der Waals surface area contributed by atoms with Crippen LogP contribution in [0, 0.1) is 5.92 Å². The molecule has 2 N–H and O–H groups in total. The summed E-state index contributed by atoms with van der Waals surface area (Å²) in [5.41, 5.74) is 5.20. The van der Waals surface area contributed by atoms with Gasteiger partial charge in [-0.15, -0.1) is 0 Å². The van der Waals surface area contributed by atoms with Crippen LogP contribution in [-0.4, -0.2) is 34.0 Å². The zero-order chi connectivity index (χ0) is 19.4. The smallest absolute Gasteiger partial charge is 0.363 e. The van der Waals surface area contributed by atoms with Gasteiger partial charge >= 0.3 is 6.18 Å². The quantitative estimate of drug-likeness (QED) is 0.830. The summed E-state index contributed by atoms with van der Waals surface area (Å²) in [6.07, 6.45) is -0.871. The Morgan fingerprint density at radius 3 is 2.89 bits per heavy atom. The van der Waals surface area contributed by atoms with Crippen molar-refractivity contribution in [3.05, 3.63) is 47.1 Å². The monoisotopic (exact) mass is 382 g/mol. The van der Waals surface area contributed by atoms with Gasteiger partial charge < -0.3 is 10.3 Å². The molecule has 1 aromatic carbocycles. The fourth-order valence-corrected chi connectivity index (χ4v) is 3.41. The molecule has 6 nitrogen and oxygen atoms in total. The van der Waals surface area contributed by atoms with E-state index in [9.17, 15) is 18.0 Å². The highest BCUT2D eigenvalue weighted by atomic mass is 19.4. The minimum atomic E-state index is -4.31. The molecule has 1 saturated heterocycles. The molecule has 1 aliphatic heterocycles. The van der Waals surface area contributed by atoms with Crippen molar-refractivity contribution in [2.75, 3.05) is 13.1 Å². The molecular formula is C18H21F3N4O2. The second-order valence-corrected chi connectivity index (χ2v) is 6.86. The maximum atomic E-state index is 12.8. The Kier molecular flexibility index (Phi) is 5.79. The first-order chi connectivity index (χ1) is 12.8. The molecule has 3 rings (SSSR count). The second-order valence-electron chi connectivity index (χ2n) is 6.86. The molecular weight excluding hydrogens is 361 g/mol. The molecule has 0 saturated carbocycles. The number of rotatable bonds is 6. The Hall–Kier alpha value is -2.42. The first kappa shape index (κ1) is 19.3.